The molecule has 0 aliphatic rings. The molecule has 0 aliphatic carbocycles. The fourth-order valence-electron chi connectivity index (χ4n) is 1.10. The molecule has 0 aromatic heterocycles. The molecule has 0 radical (unpaired) electrons. The third-order valence-corrected chi connectivity index (χ3v) is 1.84. The van der Waals surface area contributed by atoms with E-state index in [1.165, 1.54) is 6.34 Å². The van der Waals surface area contributed by atoms with Gasteiger partial charge in [0.2, 0.25) is 0 Å². The lowest BCUT2D eigenvalue weighted by Gasteiger charge is -2.04. The second-order valence-electron chi connectivity index (χ2n) is 3.04. The minimum Gasteiger partial charge on any atom is -0.494 e. The number of hydroxylamine groups is 1. The highest BCUT2D eigenvalue weighted by Crippen LogP contribution is 2.17. The van der Waals surface area contributed by atoms with Crippen molar-refractivity contribution >= 4 is 12.0 Å². The lowest BCUT2D eigenvalue weighted by molar-refractivity contribution is 0.240. The Hall–Kier alpha value is -1.99. The lowest BCUT2D eigenvalue weighted by atomic mass is 10.3. The standard InChI is InChI=1S/C12H14N2O2/c1-2-3-4-9-16-12-7-5-11(6-8-12)13-10-14-15/h1,5-8,10,15H,3-4,9H2,(H,13,14). The summed E-state index contributed by atoms with van der Waals surface area (Å²) in [4.78, 5) is 3.91. The first kappa shape index (κ1) is 12.1. The lowest BCUT2D eigenvalue weighted by Crippen LogP contribution is -2.00. The summed E-state index contributed by atoms with van der Waals surface area (Å²) < 4.78 is 5.46. The fraction of sp³-hybridized carbons (Fsp3) is 0.250. The molecule has 0 unspecified atom stereocenters. The number of hydrogen-bond donors (Lipinski definition) is 2. The molecule has 0 aliphatic heterocycles. The maximum absolute atomic E-state index is 8.31. The van der Waals surface area contributed by atoms with Crippen molar-refractivity contribution < 1.29 is 9.94 Å². The number of ether oxygens (including phenoxy) is 1. The predicted octanol–water partition coefficient (Wildman–Crippen LogP) is 2.12. The van der Waals surface area contributed by atoms with Crippen LogP contribution in [0.3, 0.4) is 0 Å². The highest BCUT2D eigenvalue weighted by molar-refractivity contribution is 5.59. The van der Waals surface area contributed by atoms with E-state index >= 15 is 0 Å². The zero-order valence-corrected chi connectivity index (χ0v) is 8.89. The van der Waals surface area contributed by atoms with Gasteiger partial charge in [0.15, 0.2) is 0 Å². The molecule has 0 atom stereocenters. The Kier molecular flexibility index (Phi) is 5.53. The number of terminal acetylenes is 1. The van der Waals surface area contributed by atoms with Gasteiger partial charge in [-0.2, -0.15) is 0 Å². The van der Waals surface area contributed by atoms with Gasteiger partial charge in [0.1, 0.15) is 12.1 Å². The fourth-order valence-corrected chi connectivity index (χ4v) is 1.10. The SMILES string of the molecule is C#CCCCOc1ccc(N=CNO)cc1. The summed E-state index contributed by atoms with van der Waals surface area (Å²) >= 11 is 0. The molecule has 16 heavy (non-hydrogen) atoms. The van der Waals surface area contributed by atoms with Crippen LogP contribution in [0.2, 0.25) is 0 Å². The molecule has 0 bridgehead atoms. The smallest absolute Gasteiger partial charge is 0.119 e. The third kappa shape index (κ3) is 4.49. The van der Waals surface area contributed by atoms with Crippen LogP contribution in [-0.4, -0.2) is 18.2 Å². The molecule has 1 rings (SSSR count). The van der Waals surface area contributed by atoms with Gasteiger partial charge >= 0.3 is 0 Å². The van der Waals surface area contributed by atoms with Crippen LogP contribution in [0.15, 0.2) is 29.3 Å². The monoisotopic (exact) mass is 218 g/mol. The van der Waals surface area contributed by atoms with Crippen LogP contribution in [0, 0.1) is 12.3 Å². The van der Waals surface area contributed by atoms with Crippen LogP contribution in [0.5, 0.6) is 5.75 Å². The second kappa shape index (κ2) is 7.32. The number of rotatable bonds is 6. The van der Waals surface area contributed by atoms with Crippen molar-refractivity contribution in [2.45, 2.75) is 12.8 Å². The van der Waals surface area contributed by atoms with E-state index in [1.807, 2.05) is 17.6 Å². The minimum atomic E-state index is 0.616. The summed E-state index contributed by atoms with van der Waals surface area (Å²) in [5, 5.41) is 8.31. The molecule has 0 saturated heterocycles. The average Bonchev–Trinajstić information content (AvgIpc) is 2.33. The Morgan fingerprint density at radius 3 is 2.81 bits per heavy atom. The van der Waals surface area contributed by atoms with Gasteiger partial charge in [-0.15, -0.1) is 12.3 Å². The Labute approximate surface area is 94.9 Å². The van der Waals surface area contributed by atoms with Gasteiger partial charge in [-0.3, -0.25) is 10.7 Å². The normalized spacial score (nSPS) is 10.0. The van der Waals surface area contributed by atoms with Gasteiger partial charge in [-0.25, -0.2) is 4.99 Å². The van der Waals surface area contributed by atoms with Crippen molar-refractivity contribution in [2.24, 2.45) is 4.99 Å². The van der Waals surface area contributed by atoms with Crippen molar-refractivity contribution in [3.63, 3.8) is 0 Å². The van der Waals surface area contributed by atoms with E-state index < -0.39 is 0 Å². The molecule has 84 valence electrons. The number of nitrogens with one attached hydrogen (secondary N) is 1. The average molecular weight is 218 g/mol. The van der Waals surface area contributed by atoms with Crippen LogP contribution >= 0.6 is 0 Å². The predicted molar refractivity (Wildman–Crippen MR) is 63.1 cm³/mol. The van der Waals surface area contributed by atoms with E-state index in [-0.39, 0.29) is 0 Å². The van der Waals surface area contributed by atoms with Crippen molar-refractivity contribution in [3.8, 4) is 18.1 Å². The van der Waals surface area contributed by atoms with Gasteiger partial charge in [0.25, 0.3) is 0 Å². The van der Waals surface area contributed by atoms with Gasteiger partial charge < -0.3 is 4.74 Å². The Morgan fingerprint density at radius 1 is 1.44 bits per heavy atom. The zero-order chi connectivity index (χ0) is 11.6. The van der Waals surface area contributed by atoms with Gasteiger partial charge in [-0.05, 0) is 30.7 Å². The van der Waals surface area contributed by atoms with Crippen molar-refractivity contribution in [2.75, 3.05) is 6.61 Å². The van der Waals surface area contributed by atoms with E-state index in [1.54, 1.807) is 12.1 Å². The van der Waals surface area contributed by atoms with Crippen molar-refractivity contribution in [1.29, 1.82) is 0 Å². The molecule has 0 heterocycles. The minimum absolute atomic E-state index is 0.616. The summed E-state index contributed by atoms with van der Waals surface area (Å²) in [6.45, 7) is 0.616. The second-order valence-corrected chi connectivity index (χ2v) is 3.04. The van der Waals surface area contributed by atoms with E-state index in [4.69, 9.17) is 16.4 Å². The number of aliphatic imine (C=N–C) groups is 1. The first-order valence-corrected chi connectivity index (χ1v) is 4.95. The van der Waals surface area contributed by atoms with Crippen molar-refractivity contribution in [1.82, 2.24) is 5.48 Å². The molecule has 0 fully saturated rings. The first-order valence-electron chi connectivity index (χ1n) is 4.95. The molecular formula is C12H14N2O2. The van der Waals surface area contributed by atoms with E-state index in [2.05, 4.69) is 10.9 Å². The summed E-state index contributed by atoms with van der Waals surface area (Å²) in [7, 11) is 0. The van der Waals surface area contributed by atoms with Crippen LogP contribution < -0.4 is 10.2 Å². The van der Waals surface area contributed by atoms with Crippen molar-refractivity contribution in [3.05, 3.63) is 24.3 Å². The Morgan fingerprint density at radius 2 is 2.19 bits per heavy atom. The van der Waals surface area contributed by atoms with Gasteiger partial charge in [0, 0.05) is 6.42 Å². The zero-order valence-electron chi connectivity index (χ0n) is 8.89. The molecular weight excluding hydrogens is 204 g/mol. The molecule has 1 aromatic rings. The summed E-state index contributed by atoms with van der Waals surface area (Å²) in [5.74, 6) is 3.34. The topological polar surface area (TPSA) is 53.8 Å². The van der Waals surface area contributed by atoms with Crippen LogP contribution in [0.1, 0.15) is 12.8 Å². The van der Waals surface area contributed by atoms with Crippen LogP contribution in [0.4, 0.5) is 5.69 Å². The largest absolute Gasteiger partial charge is 0.494 e. The Balaban J connectivity index is 2.39. The molecule has 0 spiro atoms. The van der Waals surface area contributed by atoms with E-state index in [0.29, 0.717) is 6.61 Å². The third-order valence-electron chi connectivity index (χ3n) is 1.84. The number of benzene rings is 1. The van der Waals surface area contributed by atoms with Gasteiger partial charge in [-0.1, -0.05) is 0 Å². The molecule has 4 heteroatoms. The maximum atomic E-state index is 8.31. The summed E-state index contributed by atoms with van der Waals surface area (Å²) in [5.41, 5.74) is 2.57. The maximum Gasteiger partial charge on any atom is 0.119 e. The molecule has 0 saturated carbocycles. The quantitative estimate of drug-likeness (QED) is 0.253. The molecule has 2 N–H and O–H groups in total. The first-order chi connectivity index (χ1) is 7.86. The summed E-state index contributed by atoms with van der Waals surface area (Å²) in [6, 6.07) is 7.23. The Bertz CT molecular complexity index is 366. The molecule has 1 aromatic carbocycles. The van der Waals surface area contributed by atoms with Crippen LogP contribution in [-0.2, 0) is 0 Å². The van der Waals surface area contributed by atoms with E-state index in [0.717, 1.165) is 24.3 Å². The number of hydrogen-bond acceptors (Lipinski definition) is 3. The van der Waals surface area contributed by atoms with Gasteiger partial charge in [0.05, 0.1) is 12.3 Å². The summed E-state index contributed by atoms with van der Waals surface area (Å²) in [6.07, 6.45) is 7.90. The van der Waals surface area contributed by atoms with Crippen LogP contribution in [0.25, 0.3) is 0 Å². The molecule has 4 nitrogen and oxygen atoms in total. The number of nitrogens with zero attached hydrogens (tertiary/aromatic N) is 1. The molecule has 0 amide bonds. The highest BCUT2D eigenvalue weighted by atomic mass is 16.5. The number of unbranched alkanes of at least 4 members (excludes halogenated alkanes) is 1. The highest BCUT2D eigenvalue weighted by Gasteiger charge is 1.93. The van der Waals surface area contributed by atoms with E-state index in [9.17, 15) is 0 Å².